The van der Waals surface area contributed by atoms with Crippen LogP contribution in [0.4, 0.5) is 0 Å². The van der Waals surface area contributed by atoms with Gasteiger partial charge < -0.3 is 19.7 Å². The van der Waals surface area contributed by atoms with Crippen LogP contribution in [0.3, 0.4) is 0 Å². The van der Waals surface area contributed by atoms with Crippen molar-refractivity contribution >= 4 is 28.9 Å². The van der Waals surface area contributed by atoms with Crippen molar-refractivity contribution in [2.24, 2.45) is 0 Å². The lowest BCUT2D eigenvalue weighted by Gasteiger charge is -2.29. The standard InChI is InChI=1S/C25H30ClN5S/c1-16-17(2)31(20-10-8-9-19(26)15-20)18(3)22(16)24-23(21-11-6-7-12-27-21)28-25(32)30(24)14-13-29(4)5/h6-12,15,23-24H,13-14H2,1-5H3,(H,28,32)/t23-,24-/m1/s1. The Morgan fingerprint density at radius 3 is 2.53 bits per heavy atom. The van der Waals surface area contributed by atoms with Gasteiger partial charge in [0.15, 0.2) is 5.11 Å². The number of nitrogens with one attached hydrogen (secondary N) is 1. The molecule has 1 N–H and O–H groups in total. The van der Waals surface area contributed by atoms with Crippen molar-refractivity contribution in [1.82, 2.24) is 24.7 Å². The smallest absolute Gasteiger partial charge is 0.170 e. The van der Waals surface area contributed by atoms with Crippen molar-refractivity contribution in [3.8, 4) is 5.69 Å². The molecule has 5 nitrogen and oxygen atoms in total. The van der Waals surface area contributed by atoms with Crippen LogP contribution in [0.5, 0.6) is 0 Å². The molecule has 7 heteroatoms. The number of hydrogen-bond acceptors (Lipinski definition) is 3. The Labute approximate surface area is 201 Å². The third-order valence-corrected chi connectivity index (χ3v) is 6.94. The molecule has 0 amide bonds. The fourth-order valence-electron chi connectivity index (χ4n) is 4.71. The normalized spacial score (nSPS) is 18.5. The zero-order chi connectivity index (χ0) is 23.0. The molecule has 3 aromatic rings. The van der Waals surface area contributed by atoms with Gasteiger partial charge in [0.2, 0.25) is 0 Å². The van der Waals surface area contributed by atoms with E-state index in [4.69, 9.17) is 23.8 Å². The van der Waals surface area contributed by atoms with Gasteiger partial charge in [0.25, 0.3) is 0 Å². The molecule has 3 heterocycles. The molecule has 0 unspecified atom stereocenters. The zero-order valence-corrected chi connectivity index (χ0v) is 20.8. The molecule has 0 radical (unpaired) electrons. The van der Waals surface area contributed by atoms with Gasteiger partial charge in [0, 0.05) is 46.9 Å². The van der Waals surface area contributed by atoms with E-state index in [0.29, 0.717) is 0 Å². The van der Waals surface area contributed by atoms with Crippen LogP contribution in [0.2, 0.25) is 5.02 Å². The molecule has 0 bridgehead atoms. The summed E-state index contributed by atoms with van der Waals surface area (Å²) in [5.74, 6) is 0. The maximum absolute atomic E-state index is 6.33. The van der Waals surface area contributed by atoms with Gasteiger partial charge in [-0.3, -0.25) is 4.98 Å². The van der Waals surface area contributed by atoms with E-state index in [1.54, 1.807) is 0 Å². The highest BCUT2D eigenvalue weighted by Crippen LogP contribution is 2.43. The first-order valence-electron chi connectivity index (χ1n) is 10.9. The summed E-state index contributed by atoms with van der Waals surface area (Å²) in [6, 6.07) is 14.1. The number of likely N-dealkylation sites (N-methyl/N-ethyl adjacent to an activating group) is 1. The summed E-state index contributed by atoms with van der Waals surface area (Å²) in [4.78, 5) is 9.19. The first kappa shape index (κ1) is 22.8. The van der Waals surface area contributed by atoms with Crippen molar-refractivity contribution in [2.45, 2.75) is 32.9 Å². The molecule has 1 aromatic carbocycles. The lowest BCUT2D eigenvalue weighted by atomic mass is 9.93. The second-order valence-electron chi connectivity index (χ2n) is 8.65. The maximum Gasteiger partial charge on any atom is 0.170 e. The van der Waals surface area contributed by atoms with Crippen LogP contribution in [-0.4, -0.2) is 51.6 Å². The van der Waals surface area contributed by atoms with Crippen LogP contribution in [0.25, 0.3) is 5.69 Å². The molecular weight excluding hydrogens is 438 g/mol. The first-order chi connectivity index (χ1) is 15.3. The van der Waals surface area contributed by atoms with E-state index >= 15 is 0 Å². The summed E-state index contributed by atoms with van der Waals surface area (Å²) in [5, 5.41) is 5.08. The largest absolute Gasteiger partial charge is 0.352 e. The summed E-state index contributed by atoms with van der Waals surface area (Å²) in [6.07, 6.45) is 1.85. The van der Waals surface area contributed by atoms with Crippen molar-refractivity contribution in [3.63, 3.8) is 0 Å². The molecule has 2 atom stereocenters. The zero-order valence-electron chi connectivity index (χ0n) is 19.3. The molecule has 0 spiro atoms. The summed E-state index contributed by atoms with van der Waals surface area (Å²) < 4.78 is 2.30. The predicted octanol–water partition coefficient (Wildman–Crippen LogP) is 4.99. The minimum absolute atomic E-state index is 0.0159. The fraction of sp³-hybridized carbons (Fsp3) is 0.360. The first-order valence-corrected chi connectivity index (χ1v) is 11.7. The molecule has 1 aliphatic rings. The van der Waals surface area contributed by atoms with Gasteiger partial charge >= 0.3 is 0 Å². The van der Waals surface area contributed by atoms with Crippen molar-refractivity contribution in [2.75, 3.05) is 27.2 Å². The Kier molecular flexibility index (Phi) is 6.56. The Hall–Kier alpha value is -2.41. The Bertz CT molecular complexity index is 1120. The van der Waals surface area contributed by atoms with Crippen LogP contribution in [-0.2, 0) is 0 Å². The quantitative estimate of drug-likeness (QED) is 0.517. The molecule has 168 valence electrons. The minimum Gasteiger partial charge on any atom is -0.352 e. The lowest BCUT2D eigenvalue weighted by Crippen LogP contribution is -2.35. The lowest BCUT2D eigenvalue weighted by molar-refractivity contribution is 0.276. The number of nitrogens with zero attached hydrogens (tertiary/aromatic N) is 4. The number of aromatic nitrogens is 2. The van der Waals surface area contributed by atoms with Crippen LogP contribution in [0.1, 0.15) is 40.3 Å². The van der Waals surface area contributed by atoms with Gasteiger partial charge in [0.05, 0.1) is 17.8 Å². The van der Waals surface area contributed by atoms with E-state index < -0.39 is 0 Å². The molecule has 0 aliphatic carbocycles. The number of halogens is 1. The second kappa shape index (κ2) is 9.22. The SMILES string of the molecule is Cc1c([C@@H]2[C@@H](c3ccccn3)NC(=S)N2CCN(C)C)c(C)n(-c2cccc(Cl)c2)c1C. The van der Waals surface area contributed by atoms with Crippen molar-refractivity contribution in [1.29, 1.82) is 0 Å². The molecule has 4 rings (SSSR count). The number of thiocarbonyl (C=S) groups is 1. The Morgan fingerprint density at radius 2 is 1.88 bits per heavy atom. The van der Waals surface area contributed by atoms with Gasteiger partial charge in [-0.1, -0.05) is 23.7 Å². The van der Waals surface area contributed by atoms with Crippen LogP contribution < -0.4 is 5.32 Å². The molecule has 1 aliphatic heterocycles. The summed E-state index contributed by atoms with van der Waals surface area (Å²) in [6.45, 7) is 8.33. The highest BCUT2D eigenvalue weighted by Gasteiger charge is 2.42. The maximum atomic E-state index is 6.33. The summed E-state index contributed by atoms with van der Waals surface area (Å²) in [7, 11) is 4.18. The van der Waals surface area contributed by atoms with E-state index in [2.05, 4.69) is 71.7 Å². The Morgan fingerprint density at radius 1 is 1.09 bits per heavy atom. The van der Waals surface area contributed by atoms with Crippen LogP contribution in [0.15, 0.2) is 48.7 Å². The van der Waals surface area contributed by atoms with Crippen molar-refractivity contribution < 1.29 is 0 Å². The van der Waals surface area contributed by atoms with Crippen LogP contribution >= 0.6 is 23.8 Å². The van der Waals surface area contributed by atoms with Crippen molar-refractivity contribution in [3.05, 3.63) is 81.9 Å². The molecule has 0 saturated carbocycles. The number of rotatable bonds is 6. The third kappa shape index (κ3) is 4.15. The van der Waals surface area contributed by atoms with Gasteiger partial charge in [-0.2, -0.15) is 0 Å². The van der Waals surface area contributed by atoms with E-state index in [-0.39, 0.29) is 12.1 Å². The van der Waals surface area contributed by atoms with E-state index in [9.17, 15) is 0 Å². The number of benzene rings is 1. The van der Waals surface area contributed by atoms with E-state index in [0.717, 1.165) is 34.6 Å². The topological polar surface area (TPSA) is 36.3 Å². The van der Waals surface area contributed by atoms with E-state index in [1.165, 1.54) is 22.5 Å². The number of hydrogen-bond donors (Lipinski definition) is 1. The molecule has 1 fully saturated rings. The molecule has 2 aromatic heterocycles. The monoisotopic (exact) mass is 467 g/mol. The number of pyridine rings is 1. The Balaban J connectivity index is 1.87. The highest BCUT2D eigenvalue weighted by molar-refractivity contribution is 7.80. The third-order valence-electron chi connectivity index (χ3n) is 6.36. The van der Waals surface area contributed by atoms with Crippen LogP contribution in [0, 0.1) is 20.8 Å². The molecule has 1 saturated heterocycles. The second-order valence-corrected chi connectivity index (χ2v) is 9.47. The highest BCUT2D eigenvalue weighted by atomic mass is 35.5. The summed E-state index contributed by atoms with van der Waals surface area (Å²) >= 11 is 12.2. The van der Waals surface area contributed by atoms with Gasteiger partial charge in [-0.25, -0.2) is 0 Å². The average molecular weight is 468 g/mol. The molecular formula is C25H30ClN5S. The molecule has 32 heavy (non-hydrogen) atoms. The predicted molar refractivity (Wildman–Crippen MR) is 136 cm³/mol. The van der Waals surface area contributed by atoms with E-state index in [1.807, 2.05) is 36.5 Å². The summed E-state index contributed by atoms with van der Waals surface area (Å²) in [5.41, 5.74) is 7.06. The van der Waals surface area contributed by atoms with Gasteiger partial charge in [-0.15, -0.1) is 0 Å². The fourth-order valence-corrected chi connectivity index (χ4v) is 5.23. The average Bonchev–Trinajstić information content (AvgIpc) is 3.19. The van der Waals surface area contributed by atoms with Gasteiger partial charge in [-0.05, 0) is 83.0 Å². The van der Waals surface area contributed by atoms with Gasteiger partial charge in [0.1, 0.15) is 0 Å². The minimum atomic E-state index is -0.0159.